The van der Waals surface area contributed by atoms with E-state index < -0.39 is 0 Å². The van der Waals surface area contributed by atoms with Crippen molar-refractivity contribution >= 4 is 17.7 Å². The minimum atomic E-state index is -0.274. The summed E-state index contributed by atoms with van der Waals surface area (Å²) in [5, 5.41) is 0. The molecule has 1 unspecified atom stereocenters. The average Bonchev–Trinajstić information content (AvgIpc) is 2.50. The molecule has 0 spiro atoms. The first kappa shape index (κ1) is 10.8. The van der Waals surface area contributed by atoms with Crippen LogP contribution in [0.1, 0.15) is 13.8 Å². The van der Waals surface area contributed by atoms with E-state index in [0.717, 1.165) is 5.75 Å². The van der Waals surface area contributed by atoms with Crippen LogP contribution in [0.4, 0.5) is 0 Å². The van der Waals surface area contributed by atoms with E-state index in [1.165, 1.54) is 6.92 Å². The van der Waals surface area contributed by atoms with Crippen molar-refractivity contribution in [2.75, 3.05) is 19.0 Å². The average molecular weight is 206 g/mol. The van der Waals surface area contributed by atoms with Gasteiger partial charge in [0.1, 0.15) is 12.0 Å². The van der Waals surface area contributed by atoms with Gasteiger partial charge in [-0.25, -0.2) is 0 Å². The van der Waals surface area contributed by atoms with E-state index in [9.17, 15) is 4.79 Å². The van der Waals surface area contributed by atoms with E-state index in [1.54, 1.807) is 11.8 Å². The fourth-order valence-electron chi connectivity index (χ4n) is 0.980. The zero-order valence-electron chi connectivity index (χ0n) is 7.82. The highest BCUT2D eigenvalue weighted by atomic mass is 32.2. The zero-order valence-corrected chi connectivity index (χ0v) is 8.63. The van der Waals surface area contributed by atoms with Gasteiger partial charge in [-0.1, -0.05) is 0 Å². The van der Waals surface area contributed by atoms with E-state index in [4.69, 9.17) is 14.2 Å². The molecule has 1 fully saturated rings. The molecule has 2 atom stereocenters. The second-order valence-electron chi connectivity index (χ2n) is 2.59. The number of hydrogen-bond donors (Lipinski definition) is 0. The number of carbonyl (C=O) groups excluding carboxylic acids is 1. The Bertz CT molecular complexity index is 174. The summed E-state index contributed by atoms with van der Waals surface area (Å²) in [7, 11) is 0. The van der Waals surface area contributed by atoms with Crippen LogP contribution >= 0.6 is 11.8 Å². The van der Waals surface area contributed by atoms with Crippen LogP contribution < -0.4 is 0 Å². The van der Waals surface area contributed by atoms with Crippen LogP contribution in [0.5, 0.6) is 0 Å². The fourth-order valence-corrected chi connectivity index (χ4v) is 1.89. The summed E-state index contributed by atoms with van der Waals surface area (Å²) in [4.78, 5) is 10.5. The van der Waals surface area contributed by atoms with Crippen LogP contribution in [0.2, 0.25) is 0 Å². The molecule has 0 saturated carbocycles. The molecule has 13 heavy (non-hydrogen) atoms. The summed E-state index contributed by atoms with van der Waals surface area (Å²) in [6, 6.07) is 0. The normalized spacial score (nSPS) is 27.5. The number of esters is 1. The molecule has 0 aromatic carbocycles. The molecule has 1 rings (SSSR count). The molecule has 76 valence electrons. The maximum absolute atomic E-state index is 10.5. The summed E-state index contributed by atoms with van der Waals surface area (Å²) in [6.45, 7) is 4.27. The largest absolute Gasteiger partial charge is 0.462 e. The minimum absolute atomic E-state index is 0.0690. The highest BCUT2D eigenvalue weighted by molar-refractivity contribution is 8.00. The summed E-state index contributed by atoms with van der Waals surface area (Å²) < 4.78 is 15.5. The fraction of sp³-hybridized carbons (Fsp3) is 0.875. The molecule has 1 heterocycles. The molecule has 0 aromatic heterocycles. The van der Waals surface area contributed by atoms with Crippen molar-refractivity contribution in [3.05, 3.63) is 0 Å². The van der Waals surface area contributed by atoms with Gasteiger partial charge in [-0.3, -0.25) is 4.79 Å². The molecule has 0 bridgehead atoms. The van der Waals surface area contributed by atoms with Gasteiger partial charge in [-0.05, 0) is 6.92 Å². The topological polar surface area (TPSA) is 44.8 Å². The summed E-state index contributed by atoms with van der Waals surface area (Å²) in [5.41, 5.74) is -0.0690. The summed E-state index contributed by atoms with van der Waals surface area (Å²) >= 11 is 1.61. The zero-order chi connectivity index (χ0) is 9.68. The molecule has 1 saturated heterocycles. The predicted octanol–water partition coefficient (Wildman–Crippen LogP) is 1.00. The second-order valence-corrected chi connectivity index (χ2v) is 3.78. The van der Waals surface area contributed by atoms with Gasteiger partial charge < -0.3 is 14.2 Å². The second kappa shape index (κ2) is 5.47. The van der Waals surface area contributed by atoms with Crippen molar-refractivity contribution in [2.24, 2.45) is 0 Å². The van der Waals surface area contributed by atoms with Crippen LogP contribution in [0.15, 0.2) is 0 Å². The SMILES string of the molecule is CCOC1CS[C@@H](COC(C)=O)O1. The Hall–Kier alpha value is -0.260. The lowest BCUT2D eigenvalue weighted by Gasteiger charge is -2.11. The first-order chi connectivity index (χ1) is 6.22. The van der Waals surface area contributed by atoms with Crippen molar-refractivity contribution in [1.29, 1.82) is 0 Å². The number of ether oxygens (including phenoxy) is 3. The molecular weight excluding hydrogens is 192 g/mol. The Morgan fingerprint density at radius 2 is 2.46 bits per heavy atom. The van der Waals surface area contributed by atoms with Gasteiger partial charge in [0.15, 0.2) is 6.29 Å². The first-order valence-corrected chi connectivity index (χ1v) is 5.29. The maximum atomic E-state index is 10.5. The standard InChI is InChI=1S/C8H14O4S/c1-3-10-7-5-13-8(12-7)4-11-6(2)9/h7-8H,3-5H2,1-2H3/t7?,8-/m0/s1. The molecular formula is C8H14O4S. The molecule has 0 N–H and O–H groups in total. The van der Waals surface area contributed by atoms with Gasteiger partial charge in [0.05, 0.1) is 0 Å². The predicted molar refractivity (Wildman–Crippen MR) is 49.4 cm³/mol. The lowest BCUT2D eigenvalue weighted by Crippen LogP contribution is -2.19. The molecule has 4 nitrogen and oxygen atoms in total. The van der Waals surface area contributed by atoms with E-state index in [-0.39, 0.29) is 17.7 Å². The molecule has 0 aliphatic carbocycles. The van der Waals surface area contributed by atoms with Crippen molar-refractivity contribution in [3.8, 4) is 0 Å². The highest BCUT2D eigenvalue weighted by Gasteiger charge is 2.26. The minimum Gasteiger partial charge on any atom is -0.462 e. The van der Waals surface area contributed by atoms with Gasteiger partial charge in [-0.2, -0.15) is 0 Å². The maximum Gasteiger partial charge on any atom is 0.302 e. The lowest BCUT2D eigenvalue weighted by molar-refractivity contribution is -0.153. The molecule has 0 amide bonds. The molecule has 1 aliphatic rings. The van der Waals surface area contributed by atoms with Crippen LogP contribution in [0.25, 0.3) is 0 Å². The van der Waals surface area contributed by atoms with E-state index in [2.05, 4.69) is 0 Å². The molecule has 1 aliphatic heterocycles. The van der Waals surface area contributed by atoms with Gasteiger partial charge in [0.2, 0.25) is 0 Å². The van der Waals surface area contributed by atoms with E-state index in [0.29, 0.717) is 13.2 Å². The first-order valence-electron chi connectivity index (χ1n) is 4.24. The Morgan fingerprint density at radius 1 is 1.69 bits per heavy atom. The molecule has 0 aromatic rings. The monoisotopic (exact) mass is 206 g/mol. The molecule has 0 radical (unpaired) electrons. The third kappa shape index (κ3) is 3.97. The Kier molecular flexibility index (Phi) is 4.55. The third-order valence-electron chi connectivity index (χ3n) is 1.50. The van der Waals surface area contributed by atoms with Gasteiger partial charge in [-0.15, -0.1) is 11.8 Å². The highest BCUT2D eigenvalue weighted by Crippen LogP contribution is 2.25. The Morgan fingerprint density at radius 3 is 3.08 bits per heavy atom. The van der Waals surface area contributed by atoms with Gasteiger partial charge in [0.25, 0.3) is 0 Å². The Balaban J connectivity index is 2.13. The summed E-state index contributed by atoms with van der Waals surface area (Å²) in [5.74, 6) is 0.531. The number of hydrogen-bond acceptors (Lipinski definition) is 5. The van der Waals surface area contributed by atoms with Crippen LogP contribution in [-0.4, -0.2) is 36.7 Å². The van der Waals surface area contributed by atoms with Gasteiger partial charge >= 0.3 is 5.97 Å². The smallest absolute Gasteiger partial charge is 0.302 e. The van der Waals surface area contributed by atoms with E-state index in [1.807, 2.05) is 6.92 Å². The number of rotatable bonds is 4. The lowest BCUT2D eigenvalue weighted by atomic mass is 10.7. The van der Waals surface area contributed by atoms with Gasteiger partial charge in [0, 0.05) is 19.3 Å². The quantitative estimate of drug-likeness (QED) is 0.642. The third-order valence-corrected chi connectivity index (χ3v) is 2.58. The number of thioether (sulfide) groups is 1. The summed E-state index contributed by atoms with van der Waals surface area (Å²) in [6.07, 6.45) is -0.143. The van der Waals surface area contributed by atoms with E-state index >= 15 is 0 Å². The van der Waals surface area contributed by atoms with Crippen molar-refractivity contribution in [1.82, 2.24) is 0 Å². The Labute approximate surface area is 81.9 Å². The van der Waals surface area contributed by atoms with Crippen LogP contribution in [-0.2, 0) is 19.0 Å². The molecule has 5 heteroatoms. The van der Waals surface area contributed by atoms with Crippen molar-refractivity contribution < 1.29 is 19.0 Å². The van der Waals surface area contributed by atoms with Crippen molar-refractivity contribution in [2.45, 2.75) is 25.6 Å². The van der Waals surface area contributed by atoms with Crippen LogP contribution in [0.3, 0.4) is 0 Å². The van der Waals surface area contributed by atoms with Crippen LogP contribution in [0, 0.1) is 0 Å². The number of carbonyl (C=O) groups is 1. The van der Waals surface area contributed by atoms with Crippen molar-refractivity contribution in [3.63, 3.8) is 0 Å².